The molecule has 2 atom stereocenters. The molecule has 1 aromatic carbocycles. The Morgan fingerprint density at radius 3 is 2.57 bits per heavy atom. The van der Waals surface area contributed by atoms with Crippen LogP contribution >= 0.6 is 0 Å². The molecule has 5 nitrogen and oxygen atoms in total. The topological polar surface area (TPSA) is 57.7 Å². The molecule has 0 bridgehead atoms. The summed E-state index contributed by atoms with van der Waals surface area (Å²) in [5.41, 5.74) is -1.06. The highest BCUT2D eigenvalue weighted by molar-refractivity contribution is 7.85. The molecule has 0 radical (unpaired) electrons. The molecule has 2 unspecified atom stereocenters. The van der Waals surface area contributed by atoms with Crippen LogP contribution in [-0.2, 0) is 21.8 Å². The number of alkyl halides is 3. The quantitative estimate of drug-likeness (QED) is 0.739. The van der Waals surface area contributed by atoms with Crippen LogP contribution in [-0.4, -0.2) is 38.7 Å². The summed E-state index contributed by atoms with van der Waals surface area (Å²) in [7, 11) is -1.29. The van der Waals surface area contributed by atoms with Crippen molar-refractivity contribution in [3.63, 3.8) is 0 Å². The van der Waals surface area contributed by atoms with E-state index in [1.165, 1.54) is 6.07 Å². The molecular formula is C12H9F3N2O3S. The lowest BCUT2D eigenvalue weighted by atomic mass is 10.2. The lowest BCUT2D eigenvalue weighted by Crippen LogP contribution is -2.34. The van der Waals surface area contributed by atoms with E-state index in [1.807, 2.05) is 0 Å². The zero-order chi connectivity index (χ0) is 15.4. The summed E-state index contributed by atoms with van der Waals surface area (Å²) in [6, 6.07) is 2.47. The van der Waals surface area contributed by atoms with Crippen molar-refractivity contribution in [2.75, 3.05) is 16.5 Å². The summed E-state index contributed by atoms with van der Waals surface area (Å²) < 4.78 is 49.5. The van der Waals surface area contributed by atoms with Crippen molar-refractivity contribution >= 4 is 28.4 Å². The molecule has 0 N–H and O–H groups in total. The summed E-state index contributed by atoms with van der Waals surface area (Å²) in [6.45, 7) is 0. The number of nitrogens with zero attached hydrogens (tertiary/aromatic N) is 2. The Bertz CT molecular complexity index is 635. The number of imide groups is 1. The summed E-state index contributed by atoms with van der Waals surface area (Å²) in [6.07, 6.45) is -4.56. The summed E-state index contributed by atoms with van der Waals surface area (Å²) >= 11 is 0. The number of anilines is 1. The van der Waals surface area contributed by atoms with Crippen molar-refractivity contribution in [3.05, 3.63) is 29.8 Å². The number of carbonyl (C=O) groups excluding carboxylic acids is 2. The highest BCUT2D eigenvalue weighted by Crippen LogP contribution is 2.34. The second kappa shape index (κ2) is 4.55. The summed E-state index contributed by atoms with van der Waals surface area (Å²) in [5.74, 6) is -0.671. The number of halogens is 3. The third-order valence-electron chi connectivity index (χ3n) is 3.38. The molecule has 2 aliphatic heterocycles. The van der Waals surface area contributed by atoms with E-state index in [1.54, 1.807) is 0 Å². The lowest BCUT2D eigenvalue weighted by Gasteiger charge is -2.16. The van der Waals surface area contributed by atoms with Crippen molar-refractivity contribution in [2.24, 2.45) is 0 Å². The number of fused-ring (bicyclic) bond motifs is 1. The number of hydrogen-bond acceptors (Lipinski definition) is 3. The van der Waals surface area contributed by atoms with Gasteiger partial charge in [0.1, 0.15) is 6.04 Å². The van der Waals surface area contributed by atoms with Gasteiger partial charge < -0.3 is 0 Å². The molecule has 0 spiro atoms. The van der Waals surface area contributed by atoms with Crippen LogP contribution in [0.15, 0.2) is 24.3 Å². The van der Waals surface area contributed by atoms with E-state index in [9.17, 15) is 27.0 Å². The van der Waals surface area contributed by atoms with Gasteiger partial charge in [-0.2, -0.15) is 13.2 Å². The molecule has 2 aliphatic rings. The fourth-order valence-corrected chi connectivity index (χ4v) is 3.77. The number of amides is 3. The molecule has 0 aliphatic carbocycles. The van der Waals surface area contributed by atoms with E-state index in [0.29, 0.717) is 0 Å². The van der Waals surface area contributed by atoms with Crippen LogP contribution in [0.25, 0.3) is 0 Å². The largest absolute Gasteiger partial charge is 0.416 e. The van der Waals surface area contributed by atoms with Gasteiger partial charge in [-0.3, -0.25) is 13.9 Å². The first kappa shape index (κ1) is 14.1. The Hall–Kier alpha value is -1.90. The molecule has 2 heterocycles. The predicted molar refractivity (Wildman–Crippen MR) is 67.8 cm³/mol. The van der Waals surface area contributed by atoms with Gasteiger partial charge in [0.2, 0.25) is 0 Å². The van der Waals surface area contributed by atoms with Crippen LogP contribution in [0, 0.1) is 0 Å². The Morgan fingerprint density at radius 2 is 1.95 bits per heavy atom. The predicted octanol–water partition coefficient (Wildman–Crippen LogP) is 1.56. The van der Waals surface area contributed by atoms with Gasteiger partial charge in [0.15, 0.2) is 0 Å². The van der Waals surface area contributed by atoms with Crippen molar-refractivity contribution in [3.8, 4) is 0 Å². The molecule has 0 saturated carbocycles. The van der Waals surface area contributed by atoms with Crippen LogP contribution in [0.1, 0.15) is 5.56 Å². The third-order valence-corrected chi connectivity index (χ3v) is 4.63. The SMILES string of the molecule is O=C1C2CS(=O)CN2C(=O)N1c1cccc(C(F)(F)F)c1. The monoisotopic (exact) mass is 318 g/mol. The van der Waals surface area contributed by atoms with E-state index < -0.39 is 40.5 Å². The highest BCUT2D eigenvalue weighted by Gasteiger charge is 2.50. The van der Waals surface area contributed by atoms with Crippen LogP contribution in [0.4, 0.5) is 23.7 Å². The Morgan fingerprint density at radius 1 is 1.24 bits per heavy atom. The van der Waals surface area contributed by atoms with Crippen LogP contribution < -0.4 is 4.90 Å². The maximum Gasteiger partial charge on any atom is 0.416 e. The average molecular weight is 318 g/mol. The van der Waals surface area contributed by atoms with Crippen LogP contribution in [0.5, 0.6) is 0 Å². The molecule has 3 amide bonds. The van der Waals surface area contributed by atoms with Gasteiger partial charge in [0.25, 0.3) is 5.91 Å². The fourth-order valence-electron chi connectivity index (χ4n) is 2.39. The third kappa shape index (κ3) is 2.21. The number of carbonyl (C=O) groups is 2. The Kier molecular flexibility index (Phi) is 3.05. The molecule has 2 saturated heterocycles. The molecule has 21 heavy (non-hydrogen) atoms. The second-order valence-corrected chi connectivity index (χ2v) is 6.20. The van der Waals surface area contributed by atoms with Crippen LogP contribution in [0.2, 0.25) is 0 Å². The minimum absolute atomic E-state index is 0.0278. The van der Waals surface area contributed by atoms with E-state index in [0.717, 1.165) is 28.0 Å². The van der Waals surface area contributed by atoms with E-state index in [-0.39, 0.29) is 17.3 Å². The normalized spacial score (nSPS) is 25.7. The maximum absolute atomic E-state index is 12.7. The van der Waals surface area contributed by atoms with Crippen molar-refractivity contribution in [1.82, 2.24) is 4.90 Å². The lowest BCUT2D eigenvalue weighted by molar-refractivity contribution is -0.137. The maximum atomic E-state index is 12.7. The first-order valence-corrected chi connectivity index (χ1v) is 7.44. The standard InChI is InChI=1S/C12H9F3N2O3S/c13-12(14,15)7-2-1-3-8(4-7)17-10(18)9-5-21(20)6-16(9)11(17)19/h1-4,9H,5-6H2. The van der Waals surface area contributed by atoms with Gasteiger partial charge >= 0.3 is 12.2 Å². The Labute approximate surface area is 119 Å². The van der Waals surface area contributed by atoms with Crippen LogP contribution in [0.3, 0.4) is 0 Å². The number of benzene rings is 1. The number of hydrogen-bond donors (Lipinski definition) is 0. The number of rotatable bonds is 1. The van der Waals surface area contributed by atoms with E-state index in [2.05, 4.69) is 0 Å². The molecule has 2 fully saturated rings. The van der Waals surface area contributed by atoms with E-state index >= 15 is 0 Å². The first-order chi connectivity index (χ1) is 9.79. The minimum Gasteiger partial charge on any atom is -0.299 e. The summed E-state index contributed by atoms with van der Waals surface area (Å²) in [4.78, 5) is 26.1. The van der Waals surface area contributed by atoms with Gasteiger partial charge in [-0.1, -0.05) is 6.07 Å². The molecule has 112 valence electrons. The van der Waals surface area contributed by atoms with E-state index in [4.69, 9.17) is 0 Å². The molecule has 1 aromatic rings. The summed E-state index contributed by atoms with van der Waals surface area (Å²) in [5, 5.41) is 0. The smallest absolute Gasteiger partial charge is 0.299 e. The van der Waals surface area contributed by atoms with Gasteiger partial charge in [0, 0.05) is 10.8 Å². The van der Waals surface area contributed by atoms with Gasteiger partial charge in [-0.25, -0.2) is 9.69 Å². The molecule has 0 aromatic heterocycles. The highest BCUT2D eigenvalue weighted by atomic mass is 32.2. The van der Waals surface area contributed by atoms with Crippen molar-refractivity contribution in [2.45, 2.75) is 12.2 Å². The number of urea groups is 1. The van der Waals surface area contributed by atoms with Gasteiger partial charge in [-0.05, 0) is 18.2 Å². The average Bonchev–Trinajstić information content (AvgIpc) is 2.88. The Balaban J connectivity index is 1.97. The van der Waals surface area contributed by atoms with Gasteiger partial charge in [0.05, 0.1) is 22.9 Å². The zero-order valence-corrected chi connectivity index (χ0v) is 11.3. The molecule has 9 heteroatoms. The molecule has 3 rings (SSSR count). The molecular weight excluding hydrogens is 309 g/mol. The fraction of sp³-hybridized carbons (Fsp3) is 0.333. The van der Waals surface area contributed by atoms with Gasteiger partial charge in [-0.15, -0.1) is 0 Å². The van der Waals surface area contributed by atoms with Crippen molar-refractivity contribution < 1.29 is 27.0 Å². The second-order valence-electron chi connectivity index (χ2n) is 4.73. The van der Waals surface area contributed by atoms with Crippen molar-refractivity contribution in [1.29, 1.82) is 0 Å². The first-order valence-electron chi connectivity index (χ1n) is 5.96. The zero-order valence-electron chi connectivity index (χ0n) is 10.5. The minimum atomic E-state index is -4.56.